The second kappa shape index (κ2) is 11.1. The zero-order chi connectivity index (χ0) is 30.5. The molecule has 0 saturated carbocycles. The Morgan fingerprint density at radius 3 is 1.57 bits per heavy atom. The number of nitrogens with zero attached hydrogens (tertiary/aromatic N) is 2. The molecule has 8 aromatic rings. The van der Waals surface area contributed by atoms with E-state index in [1.54, 1.807) is 0 Å². The maximum absolute atomic E-state index is 5.24. The summed E-state index contributed by atoms with van der Waals surface area (Å²) in [5.74, 6) is 0. The summed E-state index contributed by atoms with van der Waals surface area (Å²) in [5.41, 5.74) is 13.7. The van der Waals surface area contributed by atoms with Gasteiger partial charge in [-0.25, -0.2) is 4.98 Å². The highest BCUT2D eigenvalue weighted by atomic mass is 32.2. The molecule has 9 rings (SSSR count). The van der Waals surface area contributed by atoms with Crippen LogP contribution in [0.2, 0.25) is 0 Å². The number of hydrogen-bond donors (Lipinski definition) is 0. The van der Waals surface area contributed by atoms with Crippen LogP contribution < -0.4 is 0 Å². The molecule has 1 aliphatic rings. The third-order valence-electron chi connectivity index (χ3n) is 8.80. The quantitative estimate of drug-likeness (QED) is 0.199. The molecule has 1 aliphatic heterocycles. The molecule has 0 unspecified atom stereocenters. The van der Waals surface area contributed by atoms with Gasteiger partial charge in [0.15, 0.2) is 0 Å². The van der Waals surface area contributed by atoms with E-state index in [1.807, 2.05) is 11.8 Å². The minimum atomic E-state index is 0.946. The number of rotatable bonds is 4. The molecule has 46 heavy (non-hydrogen) atoms. The van der Waals surface area contributed by atoms with E-state index in [1.165, 1.54) is 54.2 Å². The van der Waals surface area contributed by atoms with Crippen molar-refractivity contribution in [3.8, 4) is 61.7 Å². The van der Waals surface area contributed by atoms with Crippen molar-refractivity contribution in [1.29, 1.82) is 0 Å². The van der Waals surface area contributed by atoms with E-state index < -0.39 is 0 Å². The Labute approximate surface area is 272 Å². The summed E-state index contributed by atoms with van der Waals surface area (Å²) in [6, 6.07) is 60.8. The van der Waals surface area contributed by atoms with Crippen LogP contribution in [0, 0.1) is 0 Å². The molecular formula is C43H28N2S. The van der Waals surface area contributed by atoms with Gasteiger partial charge in [-0.2, -0.15) is 0 Å². The minimum absolute atomic E-state index is 0.946. The average Bonchev–Trinajstić information content (AvgIpc) is 3.40. The predicted molar refractivity (Wildman–Crippen MR) is 192 cm³/mol. The SMILES string of the molecule is c1ccc(-c2cc(-n3c4c(c5cccc(-c6ccccc6)c53)-c3ccccc3Sc3ccccc3-4)cc(-c3ccccc3)n2)cc1. The number of benzene rings is 6. The molecule has 2 nitrogen and oxygen atoms in total. The Kier molecular flexibility index (Phi) is 6.43. The fraction of sp³-hybridized carbons (Fsp3) is 0. The van der Waals surface area contributed by atoms with Crippen LogP contribution in [0.4, 0.5) is 0 Å². The molecule has 0 saturated heterocycles. The molecule has 6 aromatic carbocycles. The van der Waals surface area contributed by atoms with Gasteiger partial charge in [0.05, 0.1) is 28.3 Å². The van der Waals surface area contributed by atoms with Crippen molar-refractivity contribution in [2.75, 3.05) is 0 Å². The van der Waals surface area contributed by atoms with Crippen molar-refractivity contribution >= 4 is 22.7 Å². The van der Waals surface area contributed by atoms with E-state index in [-0.39, 0.29) is 0 Å². The molecule has 0 aliphatic carbocycles. The highest BCUT2D eigenvalue weighted by Crippen LogP contribution is 2.53. The van der Waals surface area contributed by atoms with Gasteiger partial charge in [0, 0.05) is 43.0 Å². The van der Waals surface area contributed by atoms with Crippen LogP contribution in [-0.2, 0) is 0 Å². The molecule has 3 heterocycles. The number of para-hydroxylation sites is 1. The van der Waals surface area contributed by atoms with Gasteiger partial charge in [-0.05, 0) is 35.4 Å². The molecule has 0 N–H and O–H groups in total. The standard InChI is InChI=1S/C43H28N2S/c1-4-15-29(16-5-1)33-23-14-24-36-41-34-21-10-12-25-39(34)46-40-26-13-11-22-35(40)43(41)45(42(33)36)32-27-37(30-17-6-2-7-18-30)44-38(28-32)31-19-8-3-9-20-31/h1-28H. The molecule has 0 amide bonds. The molecule has 2 aromatic heterocycles. The summed E-state index contributed by atoms with van der Waals surface area (Å²) in [4.78, 5) is 7.75. The lowest BCUT2D eigenvalue weighted by Crippen LogP contribution is -2.02. The summed E-state index contributed by atoms with van der Waals surface area (Å²) in [6.07, 6.45) is 0. The monoisotopic (exact) mass is 604 g/mol. The fourth-order valence-electron chi connectivity index (χ4n) is 6.76. The normalized spacial score (nSPS) is 11.8. The lowest BCUT2D eigenvalue weighted by atomic mass is 9.96. The summed E-state index contributed by atoms with van der Waals surface area (Å²) in [7, 11) is 0. The molecular weight excluding hydrogens is 577 g/mol. The second-order valence-electron chi connectivity index (χ2n) is 11.5. The van der Waals surface area contributed by atoms with Crippen molar-refractivity contribution in [2.24, 2.45) is 0 Å². The van der Waals surface area contributed by atoms with Crippen molar-refractivity contribution in [1.82, 2.24) is 9.55 Å². The first-order valence-corrected chi connectivity index (χ1v) is 16.4. The average molecular weight is 605 g/mol. The van der Waals surface area contributed by atoms with Crippen molar-refractivity contribution in [2.45, 2.75) is 9.79 Å². The second-order valence-corrected chi connectivity index (χ2v) is 12.6. The van der Waals surface area contributed by atoms with Gasteiger partial charge in [0.25, 0.3) is 0 Å². The van der Waals surface area contributed by atoms with Gasteiger partial charge < -0.3 is 4.57 Å². The molecule has 0 bridgehead atoms. The molecule has 0 radical (unpaired) electrons. The van der Waals surface area contributed by atoms with E-state index in [2.05, 4.69) is 174 Å². The van der Waals surface area contributed by atoms with Gasteiger partial charge in [0.1, 0.15) is 0 Å². The van der Waals surface area contributed by atoms with Crippen LogP contribution in [0.15, 0.2) is 180 Å². The number of aromatic nitrogens is 2. The van der Waals surface area contributed by atoms with E-state index in [0.717, 1.165) is 28.2 Å². The van der Waals surface area contributed by atoms with E-state index >= 15 is 0 Å². The first kappa shape index (κ1) is 26.7. The first-order chi connectivity index (χ1) is 22.8. The van der Waals surface area contributed by atoms with Crippen LogP contribution >= 0.6 is 11.8 Å². The maximum Gasteiger partial charge on any atom is 0.0730 e. The first-order valence-electron chi connectivity index (χ1n) is 15.6. The zero-order valence-corrected chi connectivity index (χ0v) is 25.8. The lowest BCUT2D eigenvalue weighted by Gasteiger charge is -2.18. The van der Waals surface area contributed by atoms with Gasteiger partial charge >= 0.3 is 0 Å². The molecule has 0 spiro atoms. The molecule has 3 heteroatoms. The van der Waals surface area contributed by atoms with Crippen LogP contribution in [0.5, 0.6) is 0 Å². The highest BCUT2D eigenvalue weighted by Gasteiger charge is 2.29. The lowest BCUT2D eigenvalue weighted by molar-refractivity contribution is 1.11. The van der Waals surface area contributed by atoms with Gasteiger partial charge in [-0.3, -0.25) is 0 Å². The summed E-state index contributed by atoms with van der Waals surface area (Å²) < 4.78 is 2.51. The number of pyridine rings is 1. The largest absolute Gasteiger partial charge is 0.308 e. The van der Waals surface area contributed by atoms with Gasteiger partial charge in [0.2, 0.25) is 0 Å². The molecule has 216 valence electrons. The highest BCUT2D eigenvalue weighted by molar-refractivity contribution is 7.99. The van der Waals surface area contributed by atoms with Gasteiger partial charge in [-0.15, -0.1) is 0 Å². The van der Waals surface area contributed by atoms with Crippen molar-refractivity contribution in [3.63, 3.8) is 0 Å². The predicted octanol–water partition coefficient (Wildman–Crippen LogP) is 11.8. The van der Waals surface area contributed by atoms with Crippen LogP contribution in [0.25, 0.3) is 72.6 Å². The Hall–Kier alpha value is -5.64. The Morgan fingerprint density at radius 2 is 0.935 bits per heavy atom. The third-order valence-corrected chi connectivity index (χ3v) is 9.95. The fourth-order valence-corrected chi connectivity index (χ4v) is 7.85. The smallest absolute Gasteiger partial charge is 0.0730 e. The zero-order valence-electron chi connectivity index (χ0n) is 25.0. The van der Waals surface area contributed by atoms with E-state index in [9.17, 15) is 0 Å². The van der Waals surface area contributed by atoms with E-state index in [4.69, 9.17) is 4.98 Å². The summed E-state index contributed by atoms with van der Waals surface area (Å²) >= 11 is 1.85. The molecule has 0 atom stereocenters. The Morgan fingerprint density at radius 1 is 0.435 bits per heavy atom. The van der Waals surface area contributed by atoms with Crippen LogP contribution in [0.3, 0.4) is 0 Å². The van der Waals surface area contributed by atoms with Crippen LogP contribution in [0.1, 0.15) is 0 Å². The summed E-state index contributed by atoms with van der Waals surface area (Å²) in [6.45, 7) is 0. The van der Waals surface area contributed by atoms with Gasteiger partial charge in [-0.1, -0.05) is 157 Å². The number of hydrogen-bond acceptors (Lipinski definition) is 2. The maximum atomic E-state index is 5.24. The van der Waals surface area contributed by atoms with Crippen molar-refractivity contribution < 1.29 is 0 Å². The van der Waals surface area contributed by atoms with E-state index in [0.29, 0.717) is 0 Å². The Balaban J connectivity index is 1.48. The number of fused-ring (bicyclic) bond motifs is 7. The topological polar surface area (TPSA) is 17.8 Å². The van der Waals surface area contributed by atoms with Crippen LogP contribution in [-0.4, -0.2) is 9.55 Å². The minimum Gasteiger partial charge on any atom is -0.308 e. The third kappa shape index (κ3) is 4.40. The van der Waals surface area contributed by atoms with Crippen molar-refractivity contribution in [3.05, 3.63) is 170 Å². The Bertz CT molecular complexity index is 2320. The summed E-state index contributed by atoms with van der Waals surface area (Å²) in [5, 5.41) is 1.24. The molecule has 0 fully saturated rings.